The van der Waals surface area contributed by atoms with Gasteiger partial charge in [0, 0.05) is 42.8 Å². The number of aryl methyl sites for hydroxylation is 2. The molecule has 0 amide bonds. The van der Waals surface area contributed by atoms with E-state index in [-0.39, 0.29) is 25.5 Å². The fraction of sp³-hybridized carbons (Fsp3) is 0.217. The predicted molar refractivity (Wildman–Crippen MR) is 279 cm³/mol. The molecule has 0 saturated carbocycles. The molecule has 339 valence electrons. The molecule has 6 aromatic carbocycles. The molecule has 7 heteroatoms. The Balaban J connectivity index is 0.000000244. The summed E-state index contributed by atoms with van der Waals surface area (Å²) < 4.78 is 10.5. The van der Waals surface area contributed by atoms with Gasteiger partial charge in [0.05, 0.1) is 33.8 Å². The van der Waals surface area contributed by atoms with Crippen LogP contribution >= 0.6 is 0 Å². The minimum absolute atomic E-state index is 0. The van der Waals surface area contributed by atoms with E-state index in [1.54, 1.807) is 4.40 Å². The molecular weight excluding hydrogens is 1060 g/mol. The van der Waals surface area contributed by atoms with Crippen molar-refractivity contribution in [3.63, 3.8) is 0 Å². The van der Waals surface area contributed by atoms with Gasteiger partial charge in [-0.05, 0) is 59.4 Å². The summed E-state index contributed by atoms with van der Waals surface area (Å²) in [7, 11) is 0. The molecule has 10 aromatic rings. The van der Waals surface area contributed by atoms with Crippen LogP contribution in [-0.2, 0) is 31.9 Å². The van der Waals surface area contributed by atoms with Crippen molar-refractivity contribution in [3.05, 3.63) is 186 Å². The monoisotopic (exact) mass is 1120 g/mol. The molecule has 0 unspecified atom stereocenters. The number of furan rings is 1. The molecule has 5 nitrogen and oxygen atoms in total. The van der Waals surface area contributed by atoms with E-state index >= 15 is 0 Å². The summed E-state index contributed by atoms with van der Waals surface area (Å²) in [5.74, 6) is 8.78. The second-order valence-electron chi connectivity index (χ2n) is 19.9. The Kier molecular flexibility index (Phi) is 13.7. The quantitative estimate of drug-likeness (QED) is 0.112. The minimum atomic E-state index is -1.86. The van der Waals surface area contributed by atoms with Crippen LogP contribution in [0.15, 0.2) is 156 Å². The molecule has 0 aliphatic carbocycles. The third-order valence-electron chi connectivity index (χ3n) is 12.4. The van der Waals surface area contributed by atoms with Crippen LogP contribution in [0, 0.1) is 31.9 Å². The molecule has 0 bridgehead atoms. The number of benzene rings is 6. The smallest absolute Gasteiger partial charge is 0.142 e. The molecular formula is C60H58GeIrN4O-2. The Bertz CT molecular complexity index is 3280. The van der Waals surface area contributed by atoms with Crippen molar-refractivity contribution in [1.82, 2.24) is 19.5 Å². The number of fused-ring (bicyclic) bond motifs is 4. The first-order valence-corrected chi connectivity index (χ1v) is 30.4. The molecule has 0 aliphatic rings. The van der Waals surface area contributed by atoms with Gasteiger partial charge in [-0.15, -0.1) is 17.7 Å². The Labute approximate surface area is 412 Å². The zero-order valence-electron chi connectivity index (χ0n) is 40.2. The maximum absolute atomic E-state index is 6.68. The fourth-order valence-electron chi connectivity index (χ4n) is 9.09. The van der Waals surface area contributed by atoms with E-state index in [4.69, 9.17) is 14.4 Å². The first kappa shape index (κ1) is 47.6. The number of pyridine rings is 2. The van der Waals surface area contributed by atoms with Gasteiger partial charge in [0.15, 0.2) is 0 Å². The number of aromatic nitrogens is 4. The number of rotatable bonds is 8. The van der Waals surface area contributed by atoms with E-state index in [0.29, 0.717) is 5.92 Å². The van der Waals surface area contributed by atoms with Gasteiger partial charge in [-0.3, -0.25) is 9.97 Å². The van der Waals surface area contributed by atoms with Crippen LogP contribution in [0.25, 0.3) is 83.6 Å². The van der Waals surface area contributed by atoms with Gasteiger partial charge in [-0.25, -0.2) is 0 Å². The van der Waals surface area contributed by atoms with Gasteiger partial charge >= 0.3 is 126 Å². The van der Waals surface area contributed by atoms with Crippen molar-refractivity contribution in [3.8, 4) is 50.6 Å². The average Bonchev–Trinajstić information content (AvgIpc) is 3.90. The molecule has 0 aliphatic heterocycles. The standard InChI is InChI=1S/C42H34N3O.C18H24GeN.Ir/c1-26-20-21-32(40-37(26)31-22-23-43-27(2)39(31)46-40)41-44-35-18-12-13-19-36(35)45(41)38-33(28-14-8-6-9-15-28)24-30(42(3,4)5)25-34(38)29-16-10-7-11-17-29;1-14(2)11-16-12-18(15-9-7-6-8-10-15)20-13-17(16)19(3,4)5;/h6-20,22-25H,1-5H3;6-9,12-14H,11H2,1-5H3;/q2*-1;. The summed E-state index contributed by atoms with van der Waals surface area (Å²) in [6.45, 7) is 15.5. The molecule has 0 atom stereocenters. The van der Waals surface area contributed by atoms with Gasteiger partial charge in [0.1, 0.15) is 5.58 Å². The molecule has 0 saturated heterocycles. The number of imidazole rings is 1. The van der Waals surface area contributed by atoms with Crippen molar-refractivity contribution in [2.45, 2.75) is 77.6 Å². The average molecular weight is 1120 g/mol. The normalized spacial score (nSPS) is 11.8. The van der Waals surface area contributed by atoms with Crippen LogP contribution in [0.4, 0.5) is 0 Å². The number of nitrogens with zero attached hydrogens (tertiary/aromatic N) is 4. The van der Waals surface area contributed by atoms with Gasteiger partial charge in [-0.1, -0.05) is 111 Å². The second-order valence-corrected chi connectivity index (χ2v) is 30.5. The van der Waals surface area contributed by atoms with Crippen molar-refractivity contribution >= 4 is 50.6 Å². The maximum atomic E-state index is 6.68. The van der Waals surface area contributed by atoms with E-state index < -0.39 is 13.3 Å². The predicted octanol–water partition coefficient (Wildman–Crippen LogP) is 15.3. The second kappa shape index (κ2) is 19.4. The molecule has 4 aromatic heterocycles. The Morgan fingerprint density at radius 2 is 1.37 bits per heavy atom. The molecule has 10 rings (SSSR count). The van der Waals surface area contributed by atoms with Gasteiger partial charge in [0.2, 0.25) is 0 Å². The van der Waals surface area contributed by atoms with E-state index in [1.165, 1.54) is 11.1 Å². The maximum Gasteiger partial charge on any atom is 0.142 e. The van der Waals surface area contributed by atoms with Crippen LogP contribution in [0.5, 0.6) is 0 Å². The molecule has 0 fully saturated rings. The fourth-order valence-corrected chi connectivity index (χ4v) is 12.4. The first-order valence-electron chi connectivity index (χ1n) is 23.1. The van der Waals surface area contributed by atoms with Crippen LogP contribution < -0.4 is 4.40 Å². The number of hydrogen-bond acceptors (Lipinski definition) is 4. The van der Waals surface area contributed by atoms with Crippen LogP contribution in [0.1, 0.15) is 57.0 Å². The van der Waals surface area contributed by atoms with E-state index in [9.17, 15) is 0 Å². The van der Waals surface area contributed by atoms with E-state index in [1.807, 2.05) is 43.5 Å². The van der Waals surface area contributed by atoms with Crippen LogP contribution in [0.2, 0.25) is 17.3 Å². The summed E-state index contributed by atoms with van der Waals surface area (Å²) in [5.41, 5.74) is 16.8. The molecule has 0 spiro atoms. The van der Waals surface area contributed by atoms with Crippen molar-refractivity contribution < 1.29 is 24.5 Å². The number of hydrogen-bond donors (Lipinski definition) is 0. The zero-order chi connectivity index (χ0) is 46.3. The van der Waals surface area contributed by atoms with Crippen molar-refractivity contribution in [2.75, 3.05) is 0 Å². The van der Waals surface area contributed by atoms with Gasteiger partial charge in [0.25, 0.3) is 0 Å². The topological polar surface area (TPSA) is 56.7 Å². The van der Waals surface area contributed by atoms with E-state index in [2.05, 4.69) is 196 Å². The summed E-state index contributed by atoms with van der Waals surface area (Å²) in [5, 5.41) is 2.13. The first-order chi connectivity index (χ1) is 31.7. The number of para-hydroxylation sites is 2. The van der Waals surface area contributed by atoms with Gasteiger partial charge < -0.3 is 8.98 Å². The Morgan fingerprint density at radius 3 is 1.99 bits per heavy atom. The van der Waals surface area contributed by atoms with Crippen LogP contribution in [0.3, 0.4) is 0 Å². The summed E-state index contributed by atoms with van der Waals surface area (Å²) >= 11 is -1.86. The molecule has 4 heterocycles. The SMILES string of the molecule is CC(C)Cc1cc(-c2[c-]cccc2)nc[c]1[Ge]([CH3])([CH3])[CH3].Cc1nccc2c1oc1c(-c3nc4ccccc4n3-c3c(-c4ccccc4)cc(C(C)(C)C)cc3-c3ccccc3)[c-]cc(C)c12.[Ir]. The molecule has 67 heavy (non-hydrogen) atoms. The van der Waals surface area contributed by atoms with Crippen molar-refractivity contribution in [2.24, 2.45) is 5.92 Å². The molecule has 1 radical (unpaired) electrons. The van der Waals surface area contributed by atoms with E-state index in [0.717, 1.165) is 101 Å². The third-order valence-corrected chi connectivity index (χ3v) is 16.7. The summed E-state index contributed by atoms with van der Waals surface area (Å²) in [6, 6.07) is 55.8. The van der Waals surface area contributed by atoms with Crippen LogP contribution in [-0.4, -0.2) is 32.8 Å². The zero-order valence-corrected chi connectivity index (χ0v) is 44.7. The van der Waals surface area contributed by atoms with Gasteiger partial charge in [-0.2, -0.15) is 0 Å². The minimum Gasteiger partial charge on any atom is -0.499 e. The summed E-state index contributed by atoms with van der Waals surface area (Å²) in [6.07, 6.45) is 5.13. The molecule has 0 N–H and O–H groups in total. The largest absolute Gasteiger partial charge is 0.499 e. The Morgan fingerprint density at radius 1 is 0.731 bits per heavy atom. The Hall–Kier alpha value is -5.92. The van der Waals surface area contributed by atoms with Crippen molar-refractivity contribution in [1.29, 1.82) is 0 Å². The third kappa shape index (κ3) is 9.63. The summed E-state index contributed by atoms with van der Waals surface area (Å²) in [4.78, 5) is 14.6.